The molecule has 0 aliphatic carbocycles. The van der Waals surface area contributed by atoms with Gasteiger partial charge in [0.05, 0.1) is 0 Å². The van der Waals surface area contributed by atoms with E-state index in [9.17, 15) is 0 Å². The van der Waals surface area contributed by atoms with Crippen LogP contribution in [0.15, 0.2) is 199 Å². The number of benzene rings is 10. The molecule has 0 saturated heterocycles. The van der Waals surface area contributed by atoms with E-state index in [-0.39, 0.29) is 0 Å². The van der Waals surface area contributed by atoms with Gasteiger partial charge in [-0.25, -0.2) is 0 Å². The maximum Gasteiger partial charge on any atom is 0.143 e. The maximum atomic E-state index is 6.50. The van der Waals surface area contributed by atoms with Gasteiger partial charge in [-0.15, -0.1) is 0 Å². The predicted octanol–water partition coefficient (Wildman–Crippen LogP) is 14.9. The van der Waals surface area contributed by atoms with Crippen LogP contribution in [0.5, 0.6) is 0 Å². The van der Waals surface area contributed by atoms with E-state index in [1.54, 1.807) is 0 Å². The van der Waals surface area contributed by atoms with Gasteiger partial charge in [-0.2, -0.15) is 0 Å². The number of rotatable bonds is 4. The van der Waals surface area contributed by atoms with Gasteiger partial charge in [0.25, 0.3) is 0 Å². The number of fused-ring (bicyclic) bond motifs is 8. The molecule has 0 fully saturated rings. The smallest absolute Gasteiger partial charge is 0.143 e. The Kier molecular flexibility index (Phi) is 6.62. The van der Waals surface area contributed by atoms with E-state index in [2.05, 4.69) is 194 Å². The Hall–Kier alpha value is -6.96. The molecule has 0 aliphatic rings. The second kappa shape index (κ2) is 11.8. The summed E-state index contributed by atoms with van der Waals surface area (Å²) < 4.78 is 6.50. The maximum absolute atomic E-state index is 6.50. The molecule has 0 N–H and O–H groups in total. The first-order valence-corrected chi connectivity index (χ1v) is 18.3. The monoisotopic (exact) mass is 672 g/mol. The van der Waals surface area contributed by atoms with Crippen LogP contribution in [0.25, 0.3) is 110 Å². The summed E-state index contributed by atoms with van der Waals surface area (Å²) in [4.78, 5) is 0. The van der Waals surface area contributed by atoms with E-state index in [1.165, 1.54) is 82.2 Å². The Labute approximate surface area is 307 Å². The molecule has 0 atom stereocenters. The Balaban J connectivity index is 1.08. The topological polar surface area (TPSA) is 13.1 Å². The molecular formula is C52H32O. The number of hydrogen-bond acceptors (Lipinski definition) is 1. The molecule has 0 bridgehead atoms. The van der Waals surface area contributed by atoms with Crippen LogP contribution in [0.1, 0.15) is 0 Å². The van der Waals surface area contributed by atoms with Crippen LogP contribution in [0.4, 0.5) is 0 Å². The van der Waals surface area contributed by atoms with Crippen LogP contribution in [-0.2, 0) is 0 Å². The largest absolute Gasteiger partial charge is 0.455 e. The van der Waals surface area contributed by atoms with E-state index < -0.39 is 0 Å². The van der Waals surface area contributed by atoms with Crippen molar-refractivity contribution >= 4 is 65.0 Å². The second-order valence-corrected chi connectivity index (χ2v) is 14.0. The van der Waals surface area contributed by atoms with E-state index in [1.807, 2.05) is 0 Å². The molecule has 0 aliphatic heterocycles. The lowest BCUT2D eigenvalue weighted by molar-refractivity contribution is 0.672. The predicted molar refractivity (Wildman–Crippen MR) is 225 cm³/mol. The highest BCUT2D eigenvalue weighted by Gasteiger charge is 2.19. The standard InChI is InChI=1S/C52H32O/c1-3-15-38-33(12-1)14-11-23-42(38)41-18-6-5-16-39(41)35-24-26-36(27-25-35)50-43-19-7-9-21-45(43)51(46-22-10-8-20-44(46)50)37-29-31-49-48(32-37)47-30-28-34-13-2-4-17-40(34)52(47)53-49/h1-32H. The van der Waals surface area contributed by atoms with Gasteiger partial charge in [-0.3, -0.25) is 0 Å². The summed E-state index contributed by atoms with van der Waals surface area (Å²) >= 11 is 0. The zero-order chi connectivity index (χ0) is 34.9. The number of hydrogen-bond donors (Lipinski definition) is 0. The van der Waals surface area contributed by atoms with Crippen LogP contribution in [-0.4, -0.2) is 0 Å². The molecular weight excluding hydrogens is 641 g/mol. The highest BCUT2D eigenvalue weighted by atomic mass is 16.3. The highest BCUT2D eigenvalue weighted by molar-refractivity contribution is 6.23. The van der Waals surface area contributed by atoms with Crippen molar-refractivity contribution in [2.45, 2.75) is 0 Å². The van der Waals surface area contributed by atoms with Crippen molar-refractivity contribution in [3.05, 3.63) is 194 Å². The first-order chi connectivity index (χ1) is 26.3. The molecule has 246 valence electrons. The minimum atomic E-state index is 0.910. The lowest BCUT2D eigenvalue weighted by Crippen LogP contribution is -1.91. The zero-order valence-electron chi connectivity index (χ0n) is 28.9. The van der Waals surface area contributed by atoms with Crippen LogP contribution in [0.2, 0.25) is 0 Å². The summed E-state index contributed by atoms with van der Waals surface area (Å²) in [6, 6.07) is 70.5. The first kappa shape index (κ1) is 29.7. The lowest BCUT2D eigenvalue weighted by Gasteiger charge is -2.18. The molecule has 1 nitrogen and oxygen atoms in total. The van der Waals surface area contributed by atoms with Gasteiger partial charge < -0.3 is 4.42 Å². The van der Waals surface area contributed by atoms with Crippen LogP contribution in [0.3, 0.4) is 0 Å². The third-order valence-corrected chi connectivity index (χ3v) is 11.1. The Morgan fingerprint density at radius 1 is 0.264 bits per heavy atom. The summed E-state index contributed by atoms with van der Waals surface area (Å²) in [6.07, 6.45) is 0. The van der Waals surface area contributed by atoms with Gasteiger partial charge in [-0.05, 0) is 100 Å². The van der Waals surface area contributed by atoms with E-state index in [4.69, 9.17) is 4.42 Å². The molecule has 0 saturated carbocycles. The zero-order valence-corrected chi connectivity index (χ0v) is 28.9. The molecule has 1 heteroatoms. The fourth-order valence-electron chi connectivity index (χ4n) is 8.66. The van der Waals surface area contributed by atoms with Crippen LogP contribution < -0.4 is 0 Å². The third-order valence-electron chi connectivity index (χ3n) is 11.1. The quantitative estimate of drug-likeness (QED) is 0.170. The Morgan fingerprint density at radius 3 is 1.45 bits per heavy atom. The summed E-state index contributed by atoms with van der Waals surface area (Å²) in [6.45, 7) is 0. The van der Waals surface area contributed by atoms with Gasteiger partial charge >= 0.3 is 0 Å². The minimum absolute atomic E-state index is 0.910. The second-order valence-electron chi connectivity index (χ2n) is 14.0. The third kappa shape index (κ3) is 4.64. The normalized spacial score (nSPS) is 11.8. The van der Waals surface area contributed by atoms with Gasteiger partial charge in [0, 0.05) is 16.2 Å². The molecule has 1 aromatic heterocycles. The van der Waals surface area contributed by atoms with E-state index in [0.717, 1.165) is 27.3 Å². The van der Waals surface area contributed by atoms with Gasteiger partial charge in [0.15, 0.2) is 0 Å². The molecule has 53 heavy (non-hydrogen) atoms. The fourth-order valence-corrected chi connectivity index (χ4v) is 8.66. The molecule has 0 spiro atoms. The lowest BCUT2D eigenvalue weighted by atomic mass is 9.85. The average molecular weight is 673 g/mol. The fraction of sp³-hybridized carbons (Fsp3) is 0. The molecule has 0 unspecified atom stereocenters. The Bertz CT molecular complexity index is 3150. The van der Waals surface area contributed by atoms with Gasteiger partial charge in [0.1, 0.15) is 11.2 Å². The molecule has 11 rings (SSSR count). The Morgan fingerprint density at radius 2 is 0.755 bits per heavy atom. The highest BCUT2D eigenvalue weighted by Crippen LogP contribution is 2.46. The molecule has 1 heterocycles. The molecule has 10 aromatic carbocycles. The minimum Gasteiger partial charge on any atom is -0.455 e. The average Bonchev–Trinajstić information content (AvgIpc) is 3.61. The SMILES string of the molecule is c1ccc(-c2cccc3ccccc23)c(-c2ccc(-c3c4ccccc4c(-c4ccc5oc6c7ccccc7ccc6c5c4)c4ccccc34)cc2)c1. The van der Waals surface area contributed by atoms with Gasteiger partial charge in [-0.1, -0.05) is 176 Å². The van der Waals surface area contributed by atoms with E-state index >= 15 is 0 Å². The van der Waals surface area contributed by atoms with Crippen molar-refractivity contribution in [2.24, 2.45) is 0 Å². The summed E-state index contributed by atoms with van der Waals surface area (Å²) in [7, 11) is 0. The summed E-state index contributed by atoms with van der Waals surface area (Å²) in [5.41, 5.74) is 11.7. The van der Waals surface area contributed by atoms with Crippen molar-refractivity contribution in [1.29, 1.82) is 0 Å². The number of furan rings is 1. The van der Waals surface area contributed by atoms with Crippen molar-refractivity contribution in [3.63, 3.8) is 0 Å². The van der Waals surface area contributed by atoms with Crippen molar-refractivity contribution in [1.82, 2.24) is 0 Å². The molecule has 0 radical (unpaired) electrons. The van der Waals surface area contributed by atoms with E-state index in [0.29, 0.717) is 0 Å². The van der Waals surface area contributed by atoms with Crippen molar-refractivity contribution in [2.75, 3.05) is 0 Å². The first-order valence-electron chi connectivity index (χ1n) is 18.3. The molecule has 0 amide bonds. The summed E-state index contributed by atoms with van der Waals surface area (Å²) in [5, 5.41) is 12.1. The van der Waals surface area contributed by atoms with Crippen molar-refractivity contribution in [3.8, 4) is 44.5 Å². The molecule has 11 aromatic rings. The van der Waals surface area contributed by atoms with Crippen molar-refractivity contribution < 1.29 is 4.42 Å². The summed E-state index contributed by atoms with van der Waals surface area (Å²) in [5.74, 6) is 0. The van der Waals surface area contributed by atoms with Crippen LogP contribution in [0, 0.1) is 0 Å². The van der Waals surface area contributed by atoms with Gasteiger partial charge in [0.2, 0.25) is 0 Å². The van der Waals surface area contributed by atoms with Crippen LogP contribution >= 0.6 is 0 Å².